The Labute approximate surface area is 88.5 Å². The summed E-state index contributed by atoms with van der Waals surface area (Å²) in [6, 6.07) is 0. The van der Waals surface area contributed by atoms with Crippen LogP contribution in [0, 0.1) is 0 Å². The van der Waals surface area contributed by atoms with Crippen LogP contribution >= 0.6 is 0 Å². The third-order valence-electron chi connectivity index (χ3n) is 1.88. The monoisotopic (exact) mass is 254 g/mol. The van der Waals surface area contributed by atoms with Gasteiger partial charge in [-0.15, -0.1) is 0 Å². The predicted molar refractivity (Wildman–Crippen MR) is 42.7 cm³/mol. The molecular weight excluding hydrogens is 242 g/mol. The van der Waals surface area contributed by atoms with Gasteiger partial charge in [0.05, 0.1) is 0 Å². The van der Waals surface area contributed by atoms with Crippen LogP contribution in [-0.2, 0) is 9.47 Å². The molecule has 1 atom stereocenters. The van der Waals surface area contributed by atoms with Gasteiger partial charge in [0.1, 0.15) is 6.79 Å². The second-order valence-corrected chi connectivity index (χ2v) is 3.62. The maximum atomic E-state index is 12.2. The average Bonchev–Trinajstić information content (AvgIpc) is 1.99. The van der Waals surface area contributed by atoms with Crippen molar-refractivity contribution in [2.24, 2.45) is 0 Å². The first-order valence-electron chi connectivity index (χ1n) is 4.27. The van der Waals surface area contributed by atoms with Crippen molar-refractivity contribution in [3.05, 3.63) is 0 Å². The van der Waals surface area contributed by atoms with Crippen LogP contribution in [0.5, 0.6) is 0 Å². The molecule has 0 aromatic heterocycles. The van der Waals surface area contributed by atoms with Crippen LogP contribution in [0.2, 0.25) is 0 Å². The predicted octanol–water partition coefficient (Wildman–Crippen LogP) is 3.27. The lowest BCUT2D eigenvalue weighted by Gasteiger charge is -2.28. The van der Waals surface area contributed by atoms with Gasteiger partial charge in [0.2, 0.25) is 0 Å². The van der Waals surface area contributed by atoms with E-state index in [0.29, 0.717) is 20.8 Å². The zero-order valence-corrected chi connectivity index (χ0v) is 8.87. The van der Waals surface area contributed by atoms with Crippen molar-refractivity contribution in [2.75, 3.05) is 6.79 Å². The summed E-state index contributed by atoms with van der Waals surface area (Å²) in [7, 11) is 0. The van der Waals surface area contributed by atoms with Crippen LogP contribution in [-0.4, -0.2) is 30.9 Å². The summed E-state index contributed by atoms with van der Waals surface area (Å²) in [6.45, 7) is 1.01. The number of alkyl halides is 6. The Kier molecular flexibility index (Phi) is 4.64. The fraction of sp³-hybridized carbons (Fsp3) is 1.00. The van der Waals surface area contributed by atoms with Gasteiger partial charge in [0.25, 0.3) is 0 Å². The summed E-state index contributed by atoms with van der Waals surface area (Å²) in [5.74, 6) is 0. The maximum Gasteiger partial charge on any atom is 0.417 e. The van der Waals surface area contributed by atoms with Crippen LogP contribution in [0.1, 0.15) is 20.8 Å². The van der Waals surface area contributed by atoms with E-state index in [1.54, 1.807) is 0 Å². The van der Waals surface area contributed by atoms with E-state index in [2.05, 4.69) is 9.47 Å². The first kappa shape index (κ1) is 15.5. The van der Waals surface area contributed by atoms with Crippen LogP contribution in [0.25, 0.3) is 0 Å². The number of rotatable bonds is 4. The highest BCUT2D eigenvalue weighted by molar-refractivity contribution is 4.77. The van der Waals surface area contributed by atoms with E-state index >= 15 is 0 Å². The molecular formula is C8H12F6O2. The standard InChI is InChI=1S/C8H12F6O2/c1-5(7(9,10)11)15-4-16-6(2,3)8(12,13)14/h5H,4H2,1-3H3. The molecule has 0 aliphatic rings. The van der Waals surface area contributed by atoms with Crippen LogP contribution in [0.15, 0.2) is 0 Å². The van der Waals surface area contributed by atoms with Crippen molar-refractivity contribution < 1.29 is 35.8 Å². The van der Waals surface area contributed by atoms with Gasteiger partial charge in [0, 0.05) is 0 Å². The first-order valence-corrected chi connectivity index (χ1v) is 4.27. The van der Waals surface area contributed by atoms with E-state index in [1.165, 1.54) is 0 Å². The molecule has 16 heavy (non-hydrogen) atoms. The van der Waals surface area contributed by atoms with Crippen molar-refractivity contribution in [3.63, 3.8) is 0 Å². The molecule has 0 fully saturated rings. The van der Waals surface area contributed by atoms with Crippen molar-refractivity contribution in [1.29, 1.82) is 0 Å². The molecule has 1 unspecified atom stereocenters. The lowest BCUT2D eigenvalue weighted by Crippen LogP contribution is -2.43. The Bertz CT molecular complexity index is 220. The van der Waals surface area contributed by atoms with Crippen LogP contribution in [0.3, 0.4) is 0 Å². The van der Waals surface area contributed by atoms with Crippen molar-refractivity contribution in [3.8, 4) is 0 Å². The SMILES string of the molecule is CC(OCOC(C)(C)C(F)(F)F)C(F)(F)F. The second kappa shape index (κ2) is 4.79. The molecule has 0 amide bonds. The molecule has 0 spiro atoms. The van der Waals surface area contributed by atoms with Gasteiger partial charge in [-0.3, -0.25) is 0 Å². The Morgan fingerprint density at radius 3 is 1.75 bits per heavy atom. The largest absolute Gasteiger partial charge is 0.417 e. The summed E-state index contributed by atoms with van der Waals surface area (Å²) in [5, 5.41) is 0. The van der Waals surface area contributed by atoms with E-state index in [1.807, 2.05) is 0 Å². The van der Waals surface area contributed by atoms with E-state index in [-0.39, 0.29) is 0 Å². The summed E-state index contributed by atoms with van der Waals surface area (Å²) in [6.07, 6.45) is -11.5. The van der Waals surface area contributed by atoms with Gasteiger partial charge < -0.3 is 9.47 Å². The van der Waals surface area contributed by atoms with Gasteiger partial charge in [0.15, 0.2) is 11.7 Å². The number of hydrogen-bond donors (Lipinski definition) is 0. The van der Waals surface area contributed by atoms with E-state index in [4.69, 9.17) is 0 Å². The molecule has 2 nitrogen and oxygen atoms in total. The topological polar surface area (TPSA) is 18.5 Å². The van der Waals surface area contributed by atoms with Gasteiger partial charge >= 0.3 is 12.4 Å². The molecule has 0 rings (SSSR count). The Morgan fingerprint density at radius 2 is 1.44 bits per heavy atom. The molecule has 0 aromatic rings. The molecule has 0 saturated carbocycles. The molecule has 0 bridgehead atoms. The van der Waals surface area contributed by atoms with Gasteiger partial charge in [-0.05, 0) is 20.8 Å². The normalized spacial score (nSPS) is 16.3. The van der Waals surface area contributed by atoms with Gasteiger partial charge in [-0.25, -0.2) is 0 Å². The molecule has 98 valence electrons. The number of hydrogen-bond acceptors (Lipinski definition) is 2. The third kappa shape index (κ3) is 4.56. The highest BCUT2D eigenvalue weighted by Gasteiger charge is 2.49. The van der Waals surface area contributed by atoms with E-state index < -0.39 is 30.9 Å². The number of halogens is 6. The zero-order valence-electron chi connectivity index (χ0n) is 8.87. The zero-order chi connectivity index (χ0) is 13.2. The smallest absolute Gasteiger partial charge is 0.343 e. The summed E-state index contributed by atoms with van der Waals surface area (Å²) >= 11 is 0. The molecule has 0 aliphatic heterocycles. The van der Waals surface area contributed by atoms with Crippen LogP contribution in [0.4, 0.5) is 26.3 Å². The average molecular weight is 254 g/mol. The van der Waals surface area contributed by atoms with Gasteiger partial charge in [-0.1, -0.05) is 0 Å². The Balaban J connectivity index is 4.10. The molecule has 0 aromatic carbocycles. The molecule has 0 saturated heterocycles. The summed E-state index contributed by atoms with van der Waals surface area (Å²) < 4.78 is 80.6. The van der Waals surface area contributed by atoms with E-state index in [9.17, 15) is 26.3 Å². The molecule has 0 N–H and O–H groups in total. The minimum atomic E-state index is -4.67. The lowest BCUT2D eigenvalue weighted by molar-refractivity contribution is -0.304. The third-order valence-corrected chi connectivity index (χ3v) is 1.88. The molecule has 0 aliphatic carbocycles. The van der Waals surface area contributed by atoms with Crippen molar-refractivity contribution in [2.45, 2.75) is 44.8 Å². The molecule has 0 radical (unpaired) electrons. The fourth-order valence-corrected chi connectivity index (χ4v) is 0.460. The maximum absolute atomic E-state index is 12.2. The highest BCUT2D eigenvalue weighted by Crippen LogP contribution is 2.33. The first-order chi connectivity index (χ1) is 6.88. The quantitative estimate of drug-likeness (QED) is 0.566. The van der Waals surface area contributed by atoms with Crippen molar-refractivity contribution >= 4 is 0 Å². The lowest BCUT2D eigenvalue weighted by atomic mass is 10.1. The van der Waals surface area contributed by atoms with Crippen LogP contribution < -0.4 is 0 Å². The molecule has 8 heteroatoms. The second-order valence-electron chi connectivity index (χ2n) is 3.62. The fourth-order valence-electron chi connectivity index (χ4n) is 0.460. The summed E-state index contributed by atoms with van der Waals surface area (Å²) in [5.41, 5.74) is -2.54. The minimum Gasteiger partial charge on any atom is -0.343 e. The van der Waals surface area contributed by atoms with E-state index in [0.717, 1.165) is 0 Å². The summed E-state index contributed by atoms with van der Waals surface area (Å²) in [4.78, 5) is 0. The van der Waals surface area contributed by atoms with Crippen molar-refractivity contribution in [1.82, 2.24) is 0 Å². The van der Waals surface area contributed by atoms with Gasteiger partial charge in [-0.2, -0.15) is 26.3 Å². The Morgan fingerprint density at radius 1 is 1.00 bits per heavy atom. The minimum absolute atomic E-state index is 0.684. The highest BCUT2D eigenvalue weighted by atomic mass is 19.4. The molecule has 0 heterocycles. The Hall–Kier alpha value is -0.500. The number of ether oxygens (including phenoxy) is 2.